The van der Waals surface area contributed by atoms with Crippen LogP contribution in [0.5, 0.6) is 0 Å². The van der Waals surface area contributed by atoms with Crippen molar-refractivity contribution in [1.29, 1.82) is 0 Å². The Kier molecular flexibility index (Phi) is 3.06. The number of carbonyl (C=O) groups is 1. The molecule has 0 aliphatic heterocycles. The van der Waals surface area contributed by atoms with Crippen LogP contribution in [0.3, 0.4) is 0 Å². The standard InChI is InChI=1S/C9H16O2/c1-2-8-4-3-7(6-10)5-9(8)11/h6-9,11H,2-5H2,1H3. The summed E-state index contributed by atoms with van der Waals surface area (Å²) < 4.78 is 0. The van der Waals surface area contributed by atoms with Gasteiger partial charge in [-0.3, -0.25) is 0 Å². The van der Waals surface area contributed by atoms with Gasteiger partial charge < -0.3 is 9.90 Å². The molecular weight excluding hydrogens is 140 g/mol. The predicted molar refractivity (Wildman–Crippen MR) is 43.2 cm³/mol. The van der Waals surface area contributed by atoms with E-state index in [1.54, 1.807) is 0 Å². The van der Waals surface area contributed by atoms with E-state index in [1.807, 2.05) is 0 Å². The quantitative estimate of drug-likeness (QED) is 0.613. The number of aliphatic hydroxyl groups excluding tert-OH is 1. The van der Waals surface area contributed by atoms with Gasteiger partial charge in [-0.25, -0.2) is 0 Å². The van der Waals surface area contributed by atoms with E-state index >= 15 is 0 Å². The smallest absolute Gasteiger partial charge is 0.123 e. The number of hydrogen-bond donors (Lipinski definition) is 1. The minimum atomic E-state index is -0.232. The highest BCUT2D eigenvalue weighted by Crippen LogP contribution is 2.29. The third-order valence-corrected chi connectivity index (χ3v) is 2.71. The average Bonchev–Trinajstić information content (AvgIpc) is 2.04. The number of hydrogen-bond acceptors (Lipinski definition) is 2. The third-order valence-electron chi connectivity index (χ3n) is 2.71. The topological polar surface area (TPSA) is 37.3 Å². The van der Waals surface area contributed by atoms with Crippen LogP contribution in [-0.2, 0) is 4.79 Å². The van der Waals surface area contributed by atoms with Crippen molar-refractivity contribution in [2.75, 3.05) is 0 Å². The van der Waals surface area contributed by atoms with Gasteiger partial charge in [0.25, 0.3) is 0 Å². The molecule has 1 fully saturated rings. The Bertz CT molecular complexity index is 134. The molecule has 0 aromatic heterocycles. The fourth-order valence-electron chi connectivity index (χ4n) is 1.84. The van der Waals surface area contributed by atoms with Gasteiger partial charge in [0.05, 0.1) is 6.10 Å². The third kappa shape index (κ3) is 2.03. The molecule has 0 radical (unpaired) electrons. The monoisotopic (exact) mass is 156 g/mol. The molecule has 1 saturated carbocycles. The molecule has 2 heteroatoms. The van der Waals surface area contributed by atoms with E-state index < -0.39 is 0 Å². The molecule has 1 N–H and O–H groups in total. The molecule has 3 atom stereocenters. The lowest BCUT2D eigenvalue weighted by atomic mass is 9.79. The van der Waals surface area contributed by atoms with Gasteiger partial charge in [0.15, 0.2) is 0 Å². The van der Waals surface area contributed by atoms with E-state index in [9.17, 15) is 9.90 Å². The Morgan fingerprint density at radius 1 is 1.55 bits per heavy atom. The fourth-order valence-corrected chi connectivity index (χ4v) is 1.84. The van der Waals surface area contributed by atoms with E-state index in [-0.39, 0.29) is 12.0 Å². The summed E-state index contributed by atoms with van der Waals surface area (Å²) in [5.41, 5.74) is 0. The van der Waals surface area contributed by atoms with Crippen LogP contribution in [0.2, 0.25) is 0 Å². The Morgan fingerprint density at radius 3 is 2.73 bits per heavy atom. The summed E-state index contributed by atoms with van der Waals surface area (Å²) in [5.74, 6) is 0.555. The molecule has 1 rings (SSSR count). The minimum Gasteiger partial charge on any atom is -0.393 e. The summed E-state index contributed by atoms with van der Waals surface area (Å²) in [7, 11) is 0. The molecule has 1 aliphatic rings. The van der Waals surface area contributed by atoms with Gasteiger partial charge in [0.1, 0.15) is 6.29 Å². The summed E-state index contributed by atoms with van der Waals surface area (Å²) in [6, 6.07) is 0. The molecule has 2 nitrogen and oxygen atoms in total. The Morgan fingerprint density at radius 2 is 2.27 bits per heavy atom. The van der Waals surface area contributed by atoms with Crippen LogP contribution in [0.4, 0.5) is 0 Å². The summed E-state index contributed by atoms with van der Waals surface area (Å²) in [5, 5.41) is 9.51. The maximum Gasteiger partial charge on any atom is 0.123 e. The van der Waals surface area contributed by atoms with Crippen LogP contribution in [0, 0.1) is 11.8 Å². The molecule has 0 amide bonds. The Hall–Kier alpha value is -0.370. The van der Waals surface area contributed by atoms with Crippen molar-refractivity contribution in [3.63, 3.8) is 0 Å². The van der Waals surface area contributed by atoms with Crippen molar-refractivity contribution >= 4 is 6.29 Å². The van der Waals surface area contributed by atoms with Gasteiger partial charge in [-0.2, -0.15) is 0 Å². The maximum atomic E-state index is 10.4. The van der Waals surface area contributed by atoms with E-state index in [0.717, 1.165) is 25.5 Å². The first-order valence-corrected chi connectivity index (χ1v) is 4.41. The molecule has 0 bridgehead atoms. The van der Waals surface area contributed by atoms with Crippen molar-refractivity contribution < 1.29 is 9.90 Å². The lowest BCUT2D eigenvalue weighted by molar-refractivity contribution is -0.113. The average molecular weight is 156 g/mol. The largest absolute Gasteiger partial charge is 0.393 e. The van der Waals surface area contributed by atoms with Crippen LogP contribution >= 0.6 is 0 Å². The summed E-state index contributed by atoms with van der Waals surface area (Å²) in [6.45, 7) is 2.09. The fraction of sp³-hybridized carbons (Fsp3) is 0.889. The normalized spacial score (nSPS) is 38.5. The van der Waals surface area contributed by atoms with Gasteiger partial charge in [-0.1, -0.05) is 13.3 Å². The second-order valence-corrected chi connectivity index (χ2v) is 3.44. The highest BCUT2D eigenvalue weighted by Gasteiger charge is 2.27. The van der Waals surface area contributed by atoms with E-state index in [2.05, 4.69) is 6.92 Å². The van der Waals surface area contributed by atoms with E-state index in [4.69, 9.17) is 0 Å². The molecule has 0 heterocycles. The number of aliphatic hydroxyl groups is 1. The second kappa shape index (κ2) is 3.86. The van der Waals surface area contributed by atoms with Crippen molar-refractivity contribution in [1.82, 2.24) is 0 Å². The summed E-state index contributed by atoms with van der Waals surface area (Å²) >= 11 is 0. The molecule has 0 aromatic carbocycles. The highest BCUT2D eigenvalue weighted by molar-refractivity contribution is 5.53. The molecule has 0 spiro atoms. The zero-order valence-corrected chi connectivity index (χ0v) is 6.99. The van der Waals surface area contributed by atoms with Crippen LogP contribution in [0.1, 0.15) is 32.6 Å². The lowest BCUT2D eigenvalue weighted by Gasteiger charge is -2.29. The number of carbonyl (C=O) groups excluding carboxylic acids is 1. The van der Waals surface area contributed by atoms with Gasteiger partial charge in [0, 0.05) is 5.92 Å². The zero-order chi connectivity index (χ0) is 8.27. The summed E-state index contributed by atoms with van der Waals surface area (Å²) in [4.78, 5) is 10.4. The first-order valence-electron chi connectivity index (χ1n) is 4.41. The molecule has 3 unspecified atom stereocenters. The van der Waals surface area contributed by atoms with E-state index in [0.29, 0.717) is 12.3 Å². The van der Waals surface area contributed by atoms with Gasteiger partial charge in [-0.05, 0) is 25.2 Å². The van der Waals surface area contributed by atoms with Gasteiger partial charge >= 0.3 is 0 Å². The van der Waals surface area contributed by atoms with Crippen LogP contribution in [-0.4, -0.2) is 17.5 Å². The Labute approximate surface area is 67.6 Å². The molecule has 11 heavy (non-hydrogen) atoms. The molecule has 0 saturated heterocycles. The zero-order valence-electron chi connectivity index (χ0n) is 6.99. The van der Waals surface area contributed by atoms with Crippen molar-refractivity contribution in [3.05, 3.63) is 0 Å². The van der Waals surface area contributed by atoms with E-state index in [1.165, 1.54) is 0 Å². The number of aldehydes is 1. The molecular formula is C9H16O2. The Balaban J connectivity index is 2.40. The second-order valence-electron chi connectivity index (χ2n) is 3.44. The summed E-state index contributed by atoms with van der Waals surface area (Å²) in [6.07, 6.45) is 4.45. The highest BCUT2D eigenvalue weighted by atomic mass is 16.3. The van der Waals surface area contributed by atoms with Gasteiger partial charge in [0.2, 0.25) is 0 Å². The predicted octanol–water partition coefficient (Wildman–Crippen LogP) is 1.37. The van der Waals surface area contributed by atoms with Crippen LogP contribution in [0.15, 0.2) is 0 Å². The molecule has 1 aliphatic carbocycles. The van der Waals surface area contributed by atoms with Crippen LogP contribution < -0.4 is 0 Å². The van der Waals surface area contributed by atoms with Crippen LogP contribution in [0.25, 0.3) is 0 Å². The van der Waals surface area contributed by atoms with Gasteiger partial charge in [-0.15, -0.1) is 0 Å². The number of rotatable bonds is 2. The first kappa shape index (κ1) is 8.72. The molecule has 64 valence electrons. The first-order chi connectivity index (χ1) is 5.27. The molecule has 0 aromatic rings. The lowest BCUT2D eigenvalue weighted by Crippen LogP contribution is -2.29. The SMILES string of the molecule is CCC1CCC(C=O)CC1O. The minimum absolute atomic E-state index is 0.118. The van der Waals surface area contributed by atoms with Crippen molar-refractivity contribution in [3.8, 4) is 0 Å². The van der Waals surface area contributed by atoms with Crippen molar-refractivity contribution in [2.45, 2.75) is 38.7 Å². The van der Waals surface area contributed by atoms with Crippen molar-refractivity contribution in [2.24, 2.45) is 11.8 Å². The maximum absolute atomic E-state index is 10.4.